The Bertz CT molecular complexity index is 819. The molecule has 0 amide bonds. The maximum atomic E-state index is 12.1. The standard InChI is InChI=1S/C16H13BrN2O2S.BrH/c1-21-13-3-2-4-14-15(13)19-16(22-14)18-9-12(20)10-5-7-11(17)8-6-10;/h2-8H,9H2,1H3,(H,18,19);1H. The van der Waals surface area contributed by atoms with E-state index in [1.807, 2.05) is 30.3 Å². The highest BCUT2D eigenvalue weighted by Crippen LogP contribution is 2.31. The molecule has 0 saturated heterocycles. The molecule has 0 saturated carbocycles. The van der Waals surface area contributed by atoms with Crippen molar-refractivity contribution in [3.8, 4) is 5.75 Å². The Kier molecular flexibility index (Phi) is 6.15. The number of benzene rings is 2. The summed E-state index contributed by atoms with van der Waals surface area (Å²) < 4.78 is 7.27. The first-order chi connectivity index (χ1) is 10.7. The molecule has 0 aliphatic rings. The largest absolute Gasteiger partial charge is 0.494 e. The van der Waals surface area contributed by atoms with Crippen LogP contribution in [-0.2, 0) is 0 Å². The second kappa shape index (κ2) is 7.90. The number of carbonyl (C=O) groups excluding carboxylic acids is 1. The van der Waals surface area contributed by atoms with E-state index in [2.05, 4.69) is 26.2 Å². The Balaban J connectivity index is 0.00000192. The molecule has 120 valence electrons. The van der Waals surface area contributed by atoms with E-state index in [1.54, 1.807) is 19.2 Å². The Hall–Kier alpha value is -1.44. The van der Waals surface area contributed by atoms with Gasteiger partial charge in [0.1, 0.15) is 11.3 Å². The van der Waals surface area contributed by atoms with Gasteiger partial charge < -0.3 is 10.1 Å². The molecule has 0 fully saturated rings. The number of carbonyl (C=O) groups is 1. The molecule has 1 N–H and O–H groups in total. The number of nitrogens with zero attached hydrogens (tertiary/aromatic N) is 1. The van der Waals surface area contributed by atoms with Gasteiger partial charge in [0.2, 0.25) is 0 Å². The Morgan fingerprint density at radius 2 is 2.00 bits per heavy atom. The van der Waals surface area contributed by atoms with Crippen molar-refractivity contribution in [2.45, 2.75) is 0 Å². The highest BCUT2D eigenvalue weighted by molar-refractivity contribution is 9.10. The van der Waals surface area contributed by atoms with Crippen LogP contribution in [0.5, 0.6) is 5.75 Å². The third kappa shape index (κ3) is 4.10. The van der Waals surface area contributed by atoms with E-state index >= 15 is 0 Å². The molecule has 0 unspecified atom stereocenters. The van der Waals surface area contributed by atoms with E-state index in [-0.39, 0.29) is 29.3 Å². The molecular formula is C16H14Br2N2O2S. The van der Waals surface area contributed by atoms with Crippen LogP contribution in [0.1, 0.15) is 10.4 Å². The minimum absolute atomic E-state index is 0. The predicted molar refractivity (Wildman–Crippen MR) is 103 cm³/mol. The van der Waals surface area contributed by atoms with Crippen molar-refractivity contribution in [3.63, 3.8) is 0 Å². The molecule has 1 heterocycles. The maximum Gasteiger partial charge on any atom is 0.184 e. The number of anilines is 1. The number of aromatic nitrogens is 1. The minimum Gasteiger partial charge on any atom is -0.494 e. The third-order valence-corrected chi connectivity index (χ3v) is 4.68. The van der Waals surface area contributed by atoms with E-state index < -0.39 is 0 Å². The molecule has 0 atom stereocenters. The van der Waals surface area contributed by atoms with E-state index in [0.717, 1.165) is 20.4 Å². The molecule has 7 heteroatoms. The highest BCUT2D eigenvalue weighted by Gasteiger charge is 2.10. The molecule has 0 spiro atoms. The summed E-state index contributed by atoms with van der Waals surface area (Å²) in [4.78, 5) is 16.6. The summed E-state index contributed by atoms with van der Waals surface area (Å²) in [6.45, 7) is 0.212. The number of ether oxygens (including phenoxy) is 1. The fourth-order valence-corrected chi connectivity index (χ4v) is 3.20. The lowest BCUT2D eigenvalue weighted by Gasteiger charge is -2.02. The summed E-state index contributed by atoms with van der Waals surface area (Å²) in [7, 11) is 1.62. The van der Waals surface area contributed by atoms with Gasteiger partial charge in [0, 0.05) is 10.0 Å². The number of fused-ring (bicyclic) bond motifs is 1. The van der Waals surface area contributed by atoms with Crippen LogP contribution in [-0.4, -0.2) is 24.4 Å². The van der Waals surface area contributed by atoms with E-state index in [9.17, 15) is 4.79 Å². The third-order valence-electron chi connectivity index (χ3n) is 3.17. The number of hydrogen-bond acceptors (Lipinski definition) is 5. The zero-order chi connectivity index (χ0) is 15.5. The smallest absolute Gasteiger partial charge is 0.184 e. The molecule has 0 radical (unpaired) electrons. The number of methoxy groups -OCH3 is 1. The number of Topliss-reactive ketones (excluding diaryl/α,β-unsaturated/α-hetero) is 1. The van der Waals surface area contributed by atoms with Crippen molar-refractivity contribution < 1.29 is 9.53 Å². The second-order valence-corrected chi connectivity index (χ2v) is 6.56. The molecular weight excluding hydrogens is 444 g/mol. The van der Waals surface area contributed by atoms with Crippen LogP contribution in [0.3, 0.4) is 0 Å². The van der Waals surface area contributed by atoms with Gasteiger partial charge >= 0.3 is 0 Å². The van der Waals surface area contributed by atoms with Crippen LogP contribution >= 0.6 is 44.2 Å². The first kappa shape index (κ1) is 17.9. The molecule has 4 nitrogen and oxygen atoms in total. The lowest BCUT2D eigenvalue weighted by atomic mass is 10.1. The second-order valence-electron chi connectivity index (χ2n) is 4.61. The number of rotatable bonds is 5. The zero-order valence-corrected chi connectivity index (χ0v) is 16.3. The van der Waals surface area contributed by atoms with Gasteiger partial charge in [-0.3, -0.25) is 4.79 Å². The molecule has 3 aromatic rings. The normalized spacial score (nSPS) is 10.2. The van der Waals surface area contributed by atoms with Crippen molar-refractivity contribution >= 4 is 65.4 Å². The lowest BCUT2D eigenvalue weighted by molar-refractivity contribution is 0.101. The van der Waals surface area contributed by atoms with Crippen LogP contribution in [0.25, 0.3) is 10.2 Å². The number of hydrogen-bond donors (Lipinski definition) is 1. The van der Waals surface area contributed by atoms with Crippen LogP contribution in [0.2, 0.25) is 0 Å². The molecule has 0 bridgehead atoms. The summed E-state index contributed by atoms with van der Waals surface area (Å²) in [6.07, 6.45) is 0. The first-order valence-electron chi connectivity index (χ1n) is 6.63. The fourth-order valence-electron chi connectivity index (χ4n) is 2.06. The predicted octanol–water partition coefficient (Wildman–Crippen LogP) is 4.94. The van der Waals surface area contributed by atoms with Gasteiger partial charge in [-0.05, 0) is 24.3 Å². The highest BCUT2D eigenvalue weighted by atomic mass is 79.9. The molecule has 2 aromatic carbocycles. The van der Waals surface area contributed by atoms with Gasteiger partial charge in [-0.25, -0.2) is 4.98 Å². The van der Waals surface area contributed by atoms with Gasteiger partial charge in [-0.1, -0.05) is 45.5 Å². The minimum atomic E-state index is 0. The lowest BCUT2D eigenvalue weighted by Crippen LogP contribution is -2.13. The summed E-state index contributed by atoms with van der Waals surface area (Å²) >= 11 is 4.86. The quantitative estimate of drug-likeness (QED) is 0.551. The fraction of sp³-hybridized carbons (Fsp3) is 0.125. The number of nitrogens with one attached hydrogen (secondary N) is 1. The van der Waals surface area contributed by atoms with Crippen molar-refractivity contribution in [2.24, 2.45) is 0 Å². The van der Waals surface area contributed by atoms with Gasteiger partial charge in [0.05, 0.1) is 18.4 Å². The topological polar surface area (TPSA) is 51.2 Å². The van der Waals surface area contributed by atoms with E-state index in [4.69, 9.17) is 4.74 Å². The van der Waals surface area contributed by atoms with Gasteiger partial charge in [0.15, 0.2) is 10.9 Å². The maximum absolute atomic E-state index is 12.1. The SMILES string of the molecule is Br.COc1cccc2sc(NCC(=O)c3ccc(Br)cc3)nc12. The monoisotopic (exact) mass is 456 g/mol. The molecule has 0 aliphatic heterocycles. The average Bonchev–Trinajstić information content (AvgIpc) is 2.96. The Morgan fingerprint density at radius 3 is 2.70 bits per heavy atom. The molecule has 0 aliphatic carbocycles. The van der Waals surface area contributed by atoms with Crippen LogP contribution in [0.15, 0.2) is 46.9 Å². The van der Waals surface area contributed by atoms with Crippen molar-refractivity contribution in [1.82, 2.24) is 4.98 Å². The van der Waals surface area contributed by atoms with Gasteiger partial charge in [-0.2, -0.15) is 0 Å². The van der Waals surface area contributed by atoms with Gasteiger partial charge in [-0.15, -0.1) is 17.0 Å². The molecule has 23 heavy (non-hydrogen) atoms. The van der Waals surface area contributed by atoms with Crippen molar-refractivity contribution in [2.75, 3.05) is 19.0 Å². The average molecular weight is 458 g/mol. The molecule has 3 rings (SSSR count). The van der Waals surface area contributed by atoms with Crippen molar-refractivity contribution in [3.05, 3.63) is 52.5 Å². The van der Waals surface area contributed by atoms with E-state index in [1.165, 1.54) is 11.3 Å². The number of thiazole rings is 1. The van der Waals surface area contributed by atoms with Crippen LogP contribution in [0, 0.1) is 0 Å². The van der Waals surface area contributed by atoms with Gasteiger partial charge in [0.25, 0.3) is 0 Å². The van der Waals surface area contributed by atoms with Crippen LogP contribution < -0.4 is 10.1 Å². The zero-order valence-electron chi connectivity index (χ0n) is 12.2. The number of ketones is 1. The number of halogens is 2. The summed E-state index contributed by atoms with van der Waals surface area (Å²) in [6, 6.07) is 13.1. The Labute approximate surface area is 156 Å². The number of para-hydroxylation sites is 1. The Morgan fingerprint density at radius 1 is 1.26 bits per heavy atom. The van der Waals surface area contributed by atoms with E-state index in [0.29, 0.717) is 10.7 Å². The summed E-state index contributed by atoms with van der Waals surface area (Å²) in [5.74, 6) is 0.764. The molecule has 1 aromatic heterocycles. The van der Waals surface area contributed by atoms with Crippen LogP contribution in [0.4, 0.5) is 5.13 Å². The first-order valence-corrected chi connectivity index (χ1v) is 8.24. The summed E-state index contributed by atoms with van der Waals surface area (Å²) in [5.41, 5.74) is 1.49. The summed E-state index contributed by atoms with van der Waals surface area (Å²) in [5, 5.41) is 3.80. The van der Waals surface area contributed by atoms with Crippen molar-refractivity contribution in [1.29, 1.82) is 0 Å².